The Bertz CT molecular complexity index is 687. The average Bonchev–Trinajstić information content (AvgIpc) is 2.53. The van der Waals surface area contributed by atoms with Crippen LogP contribution in [0, 0.1) is 0 Å². The van der Waals surface area contributed by atoms with Crippen molar-refractivity contribution in [3.8, 4) is 5.75 Å². The minimum atomic E-state index is -0.300. The van der Waals surface area contributed by atoms with Crippen LogP contribution >= 0.6 is 0 Å². The van der Waals surface area contributed by atoms with E-state index in [2.05, 4.69) is 18.2 Å². The van der Waals surface area contributed by atoms with Gasteiger partial charge in [-0.25, -0.2) is 0 Å². The Morgan fingerprint density at radius 3 is 2.86 bits per heavy atom. The molecule has 1 aliphatic rings. The molecule has 1 amide bonds. The summed E-state index contributed by atoms with van der Waals surface area (Å²) < 4.78 is 11.1. The molecule has 1 saturated heterocycles. The van der Waals surface area contributed by atoms with Crippen molar-refractivity contribution in [2.75, 3.05) is 33.4 Å². The van der Waals surface area contributed by atoms with Crippen LogP contribution in [0.25, 0.3) is 10.8 Å². The summed E-state index contributed by atoms with van der Waals surface area (Å²) in [6.45, 7) is 2.32. The molecule has 5 heteroatoms. The van der Waals surface area contributed by atoms with Crippen LogP contribution in [0.15, 0.2) is 36.4 Å². The van der Waals surface area contributed by atoms with Crippen molar-refractivity contribution < 1.29 is 14.3 Å². The van der Waals surface area contributed by atoms with E-state index in [9.17, 15) is 4.79 Å². The number of amides is 1. The predicted octanol–water partition coefficient (Wildman–Crippen LogP) is 1.71. The van der Waals surface area contributed by atoms with Crippen molar-refractivity contribution in [2.45, 2.75) is 6.10 Å². The Hall–Kier alpha value is -2.11. The van der Waals surface area contributed by atoms with Crippen LogP contribution in [0.1, 0.15) is 11.7 Å². The predicted molar refractivity (Wildman–Crippen MR) is 84.8 cm³/mol. The lowest BCUT2D eigenvalue weighted by Crippen LogP contribution is -2.42. The number of methoxy groups -OCH3 is 1. The quantitative estimate of drug-likeness (QED) is 0.933. The van der Waals surface area contributed by atoms with Crippen LogP contribution in [0.4, 0.5) is 0 Å². The minimum Gasteiger partial charge on any atom is -0.497 e. The monoisotopic (exact) mass is 300 g/mol. The van der Waals surface area contributed by atoms with E-state index in [-0.39, 0.29) is 18.6 Å². The molecule has 1 atom stereocenters. The zero-order valence-electron chi connectivity index (χ0n) is 12.6. The molecule has 3 rings (SSSR count). The summed E-state index contributed by atoms with van der Waals surface area (Å²) in [6, 6.07) is 12.3. The Labute approximate surface area is 129 Å². The minimum absolute atomic E-state index is 0.0281. The second-order valence-electron chi connectivity index (χ2n) is 5.53. The van der Waals surface area contributed by atoms with Gasteiger partial charge in [0.25, 0.3) is 0 Å². The molecule has 0 radical (unpaired) electrons. The molecule has 116 valence electrons. The molecule has 0 spiro atoms. The van der Waals surface area contributed by atoms with E-state index in [1.165, 1.54) is 0 Å². The smallest absolute Gasteiger partial charge is 0.231 e. The second kappa shape index (κ2) is 6.34. The Morgan fingerprint density at radius 1 is 1.32 bits per heavy atom. The van der Waals surface area contributed by atoms with Gasteiger partial charge in [-0.15, -0.1) is 0 Å². The van der Waals surface area contributed by atoms with Crippen molar-refractivity contribution in [3.05, 3.63) is 42.0 Å². The summed E-state index contributed by atoms with van der Waals surface area (Å²) in [6.07, 6.45) is -0.0281. The van der Waals surface area contributed by atoms with Gasteiger partial charge in [0, 0.05) is 13.1 Å². The molecule has 0 saturated carbocycles. The summed E-state index contributed by atoms with van der Waals surface area (Å²) in [5.74, 6) is 0.549. The highest BCUT2D eigenvalue weighted by atomic mass is 16.5. The third-order valence-electron chi connectivity index (χ3n) is 3.97. The molecule has 0 aromatic heterocycles. The second-order valence-corrected chi connectivity index (χ2v) is 5.53. The molecule has 2 N–H and O–H groups in total. The van der Waals surface area contributed by atoms with Gasteiger partial charge < -0.3 is 15.2 Å². The van der Waals surface area contributed by atoms with Crippen molar-refractivity contribution >= 4 is 16.7 Å². The van der Waals surface area contributed by atoms with Gasteiger partial charge in [0.1, 0.15) is 5.75 Å². The van der Waals surface area contributed by atoms with Crippen LogP contribution in [-0.2, 0) is 9.53 Å². The molecule has 2 aromatic rings. The van der Waals surface area contributed by atoms with Gasteiger partial charge in [-0.05, 0) is 34.5 Å². The Morgan fingerprint density at radius 2 is 2.09 bits per heavy atom. The number of fused-ring (bicyclic) bond motifs is 1. The van der Waals surface area contributed by atoms with Gasteiger partial charge in [-0.1, -0.05) is 18.2 Å². The highest BCUT2D eigenvalue weighted by Crippen LogP contribution is 2.27. The van der Waals surface area contributed by atoms with Crippen molar-refractivity contribution in [1.29, 1.82) is 0 Å². The fourth-order valence-electron chi connectivity index (χ4n) is 2.84. The molecule has 1 fully saturated rings. The summed E-state index contributed by atoms with van der Waals surface area (Å²) in [5, 5.41) is 2.28. The van der Waals surface area contributed by atoms with Crippen molar-refractivity contribution in [3.63, 3.8) is 0 Å². The number of hydrogen-bond acceptors (Lipinski definition) is 4. The van der Waals surface area contributed by atoms with Gasteiger partial charge in [0.05, 0.1) is 26.4 Å². The number of benzene rings is 2. The van der Waals surface area contributed by atoms with Crippen LogP contribution in [-0.4, -0.2) is 44.2 Å². The molecular formula is C17H20N2O3. The zero-order chi connectivity index (χ0) is 15.5. The Kier molecular flexibility index (Phi) is 4.27. The van der Waals surface area contributed by atoms with Gasteiger partial charge in [-0.3, -0.25) is 9.69 Å². The van der Waals surface area contributed by atoms with E-state index < -0.39 is 0 Å². The van der Waals surface area contributed by atoms with Gasteiger partial charge in [0.2, 0.25) is 5.91 Å². The lowest BCUT2D eigenvalue weighted by Gasteiger charge is -2.32. The van der Waals surface area contributed by atoms with E-state index in [1.807, 2.05) is 23.1 Å². The number of morpholine rings is 1. The number of nitrogens with two attached hydrogens (primary N) is 1. The van der Waals surface area contributed by atoms with E-state index >= 15 is 0 Å². The van der Waals surface area contributed by atoms with E-state index in [0.29, 0.717) is 13.2 Å². The number of carbonyl (C=O) groups is 1. The molecule has 1 unspecified atom stereocenters. The summed E-state index contributed by atoms with van der Waals surface area (Å²) in [4.78, 5) is 13.1. The van der Waals surface area contributed by atoms with Crippen LogP contribution in [0.3, 0.4) is 0 Å². The molecule has 1 heterocycles. The zero-order valence-corrected chi connectivity index (χ0v) is 12.6. The highest BCUT2D eigenvalue weighted by Gasteiger charge is 2.23. The molecule has 0 aliphatic carbocycles. The van der Waals surface area contributed by atoms with Gasteiger partial charge in [0.15, 0.2) is 0 Å². The third kappa shape index (κ3) is 3.21. The van der Waals surface area contributed by atoms with Crippen LogP contribution < -0.4 is 10.5 Å². The number of carbonyl (C=O) groups excluding carboxylic acids is 1. The number of primary amides is 1. The number of nitrogens with zero attached hydrogens (tertiary/aromatic N) is 1. The summed E-state index contributed by atoms with van der Waals surface area (Å²) in [7, 11) is 1.67. The largest absolute Gasteiger partial charge is 0.497 e. The van der Waals surface area contributed by atoms with Gasteiger partial charge >= 0.3 is 0 Å². The maximum atomic E-state index is 11.1. The molecule has 0 bridgehead atoms. The average molecular weight is 300 g/mol. The number of ether oxygens (including phenoxy) is 2. The molecular weight excluding hydrogens is 280 g/mol. The molecule has 22 heavy (non-hydrogen) atoms. The third-order valence-corrected chi connectivity index (χ3v) is 3.97. The first-order chi connectivity index (χ1) is 10.7. The lowest BCUT2D eigenvalue weighted by molar-refractivity contribution is -0.121. The van der Waals surface area contributed by atoms with Gasteiger partial charge in [-0.2, -0.15) is 0 Å². The van der Waals surface area contributed by atoms with E-state index in [4.69, 9.17) is 15.2 Å². The Balaban J connectivity index is 1.81. The molecule has 1 aliphatic heterocycles. The van der Waals surface area contributed by atoms with Crippen LogP contribution in [0.2, 0.25) is 0 Å². The number of rotatable bonds is 4. The van der Waals surface area contributed by atoms with E-state index in [1.54, 1.807) is 7.11 Å². The first kappa shape index (κ1) is 14.8. The molecule has 2 aromatic carbocycles. The van der Waals surface area contributed by atoms with E-state index in [0.717, 1.165) is 28.6 Å². The normalized spacial score (nSPS) is 19.2. The summed E-state index contributed by atoms with van der Waals surface area (Å²) >= 11 is 0. The van der Waals surface area contributed by atoms with Crippen LogP contribution in [0.5, 0.6) is 5.75 Å². The molecule has 5 nitrogen and oxygen atoms in total. The standard InChI is InChI=1S/C17H20N2O3/c1-21-15-5-4-12-8-14(3-2-13(12)9-15)16-10-19(6-7-22-16)11-17(18)20/h2-5,8-9,16H,6-7,10-11H2,1H3,(H2,18,20). The fourth-order valence-corrected chi connectivity index (χ4v) is 2.84. The maximum Gasteiger partial charge on any atom is 0.231 e. The SMILES string of the molecule is COc1ccc2cc(C3CN(CC(N)=O)CCO3)ccc2c1. The topological polar surface area (TPSA) is 64.8 Å². The first-order valence-corrected chi connectivity index (χ1v) is 7.35. The number of hydrogen-bond donors (Lipinski definition) is 1. The fraction of sp³-hybridized carbons (Fsp3) is 0.353. The summed E-state index contributed by atoms with van der Waals surface area (Å²) in [5.41, 5.74) is 6.39. The first-order valence-electron chi connectivity index (χ1n) is 7.35. The highest BCUT2D eigenvalue weighted by molar-refractivity contribution is 5.84. The maximum absolute atomic E-state index is 11.1. The lowest BCUT2D eigenvalue weighted by atomic mass is 10.0. The van der Waals surface area contributed by atoms with Crippen molar-refractivity contribution in [1.82, 2.24) is 4.90 Å². The van der Waals surface area contributed by atoms with Crippen molar-refractivity contribution in [2.24, 2.45) is 5.73 Å².